The van der Waals surface area contributed by atoms with E-state index in [4.69, 9.17) is 22.1 Å². The fourth-order valence-corrected chi connectivity index (χ4v) is 1.68. The van der Waals surface area contributed by atoms with Gasteiger partial charge in [0.15, 0.2) is 0 Å². The molecule has 17 heavy (non-hydrogen) atoms. The standard InChI is InChI=1S/C11H14BrClN2O2/c12-8-1-2-9(13)10(7-8)15-11(16)3-5-17-6-4-14/h1-2,7H,3-6,14H2,(H,15,16). The number of carbonyl (C=O) groups is 1. The maximum atomic E-state index is 11.5. The van der Waals surface area contributed by atoms with Gasteiger partial charge in [0.2, 0.25) is 5.91 Å². The van der Waals surface area contributed by atoms with Crippen LogP contribution in [0.5, 0.6) is 0 Å². The Hall–Kier alpha value is -0.620. The summed E-state index contributed by atoms with van der Waals surface area (Å²) in [5, 5.41) is 3.22. The van der Waals surface area contributed by atoms with Gasteiger partial charge in [-0.2, -0.15) is 0 Å². The lowest BCUT2D eigenvalue weighted by Crippen LogP contribution is -2.16. The topological polar surface area (TPSA) is 64.3 Å². The summed E-state index contributed by atoms with van der Waals surface area (Å²) < 4.78 is 5.97. The molecule has 94 valence electrons. The number of hydrogen-bond donors (Lipinski definition) is 2. The van der Waals surface area contributed by atoms with E-state index in [1.165, 1.54) is 0 Å². The van der Waals surface area contributed by atoms with Gasteiger partial charge in [-0.15, -0.1) is 0 Å². The molecule has 0 atom stereocenters. The predicted molar refractivity (Wildman–Crippen MR) is 72.3 cm³/mol. The summed E-state index contributed by atoms with van der Waals surface area (Å²) in [4.78, 5) is 11.5. The number of amides is 1. The number of hydrogen-bond acceptors (Lipinski definition) is 3. The van der Waals surface area contributed by atoms with E-state index in [0.717, 1.165) is 4.47 Å². The Labute approximate surface area is 114 Å². The third-order valence-corrected chi connectivity index (χ3v) is 2.76. The van der Waals surface area contributed by atoms with E-state index in [1.807, 2.05) is 6.07 Å². The monoisotopic (exact) mass is 320 g/mol. The number of anilines is 1. The van der Waals surface area contributed by atoms with Gasteiger partial charge in [-0.25, -0.2) is 0 Å². The van der Waals surface area contributed by atoms with Crippen molar-refractivity contribution >= 4 is 39.1 Å². The largest absolute Gasteiger partial charge is 0.380 e. The van der Waals surface area contributed by atoms with E-state index in [0.29, 0.717) is 30.5 Å². The average molecular weight is 322 g/mol. The SMILES string of the molecule is NCCOCCC(=O)Nc1cc(Br)ccc1Cl. The molecular weight excluding hydrogens is 307 g/mol. The van der Waals surface area contributed by atoms with Crippen LogP contribution < -0.4 is 11.1 Å². The molecule has 0 spiro atoms. The van der Waals surface area contributed by atoms with Crippen molar-refractivity contribution in [1.29, 1.82) is 0 Å². The number of nitrogens with two attached hydrogens (primary N) is 1. The fraction of sp³-hybridized carbons (Fsp3) is 0.364. The summed E-state index contributed by atoms with van der Waals surface area (Å²) >= 11 is 9.25. The van der Waals surface area contributed by atoms with Crippen LogP contribution in [0.15, 0.2) is 22.7 Å². The van der Waals surface area contributed by atoms with E-state index in [-0.39, 0.29) is 12.3 Å². The zero-order valence-corrected chi connectivity index (χ0v) is 11.6. The van der Waals surface area contributed by atoms with Gasteiger partial charge in [-0.05, 0) is 18.2 Å². The van der Waals surface area contributed by atoms with Gasteiger partial charge in [-0.3, -0.25) is 4.79 Å². The fourth-order valence-electron chi connectivity index (χ4n) is 1.16. The first-order valence-electron chi connectivity index (χ1n) is 5.16. The predicted octanol–water partition coefficient (Wildman–Crippen LogP) is 2.41. The molecule has 0 bridgehead atoms. The van der Waals surface area contributed by atoms with Crippen LogP contribution in [0.2, 0.25) is 5.02 Å². The van der Waals surface area contributed by atoms with Crippen LogP contribution in [0, 0.1) is 0 Å². The highest BCUT2D eigenvalue weighted by Crippen LogP contribution is 2.25. The number of carbonyl (C=O) groups excluding carboxylic acids is 1. The molecule has 0 aliphatic rings. The molecule has 0 unspecified atom stereocenters. The van der Waals surface area contributed by atoms with Gasteiger partial charge in [0.25, 0.3) is 0 Å². The Morgan fingerprint density at radius 1 is 1.47 bits per heavy atom. The smallest absolute Gasteiger partial charge is 0.226 e. The molecule has 0 aromatic heterocycles. The van der Waals surface area contributed by atoms with Crippen LogP contribution in [-0.2, 0) is 9.53 Å². The van der Waals surface area contributed by atoms with E-state index in [1.54, 1.807) is 12.1 Å². The Balaban J connectivity index is 2.42. The average Bonchev–Trinajstić information content (AvgIpc) is 2.29. The quantitative estimate of drug-likeness (QED) is 0.791. The molecule has 6 heteroatoms. The number of benzene rings is 1. The normalized spacial score (nSPS) is 10.3. The minimum atomic E-state index is -0.137. The van der Waals surface area contributed by atoms with Gasteiger partial charge >= 0.3 is 0 Å². The Morgan fingerprint density at radius 2 is 2.24 bits per heavy atom. The molecular formula is C11H14BrClN2O2. The van der Waals surface area contributed by atoms with Crippen molar-refractivity contribution in [3.05, 3.63) is 27.7 Å². The lowest BCUT2D eigenvalue weighted by molar-refractivity contribution is -0.117. The molecule has 0 heterocycles. The van der Waals surface area contributed by atoms with Crippen LogP contribution >= 0.6 is 27.5 Å². The third kappa shape index (κ3) is 5.50. The second kappa shape index (κ2) is 7.66. The molecule has 0 radical (unpaired) electrons. The van der Waals surface area contributed by atoms with Crippen LogP contribution in [0.3, 0.4) is 0 Å². The lowest BCUT2D eigenvalue weighted by atomic mass is 10.3. The van der Waals surface area contributed by atoms with Crippen molar-refractivity contribution in [2.24, 2.45) is 5.73 Å². The summed E-state index contributed by atoms with van der Waals surface area (Å²) in [6.45, 7) is 1.28. The van der Waals surface area contributed by atoms with Crippen molar-refractivity contribution in [2.75, 3.05) is 25.1 Å². The van der Waals surface area contributed by atoms with Gasteiger partial charge in [0, 0.05) is 11.0 Å². The first-order chi connectivity index (χ1) is 8.13. The molecule has 1 aromatic rings. The molecule has 1 rings (SSSR count). The van der Waals surface area contributed by atoms with Gasteiger partial charge < -0.3 is 15.8 Å². The molecule has 0 aliphatic heterocycles. The van der Waals surface area contributed by atoms with Crippen LogP contribution in [0.1, 0.15) is 6.42 Å². The summed E-state index contributed by atoms with van der Waals surface area (Å²) in [6, 6.07) is 5.27. The van der Waals surface area contributed by atoms with Crippen molar-refractivity contribution in [3.8, 4) is 0 Å². The first-order valence-corrected chi connectivity index (χ1v) is 6.33. The highest BCUT2D eigenvalue weighted by Gasteiger charge is 2.06. The molecule has 1 amide bonds. The summed E-state index contributed by atoms with van der Waals surface area (Å²) in [6.07, 6.45) is 0.281. The van der Waals surface area contributed by atoms with E-state index >= 15 is 0 Å². The summed E-state index contributed by atoms with van der Waals surface area (Å²) in [5.41, 5.74) is 5.85. The number of rotatable bonds is 6. The lowest BCUT2D eigenvalue weighted by Gasteiger charge is -2.07. The Kier molecular flexibility index (Phi) is 6.50. The van der Waals surface area contributed by atoms with Gasteiger partial charge in [0.05, 0.1) is 30.3 Å². The number of halogens is 2. The Morgan fingerprint density at radius 3 is 2.94 bits per heavy atom. The molecule has 0 fully saturated rings. The molecule has 0 saturated carbocycles. The van der Waals surface area contributed by atoms with Crippen LogP contribution in [0.4, 0.5) is 5.69 Å². The molecule has 1 aromatic carbocycles. The van der Waals surface area contributed by atoms with E-state index < -0.39 is 0 Å². The number of nitrogens with one attached hydrogen (secondary N) is 1. The second-order valence-corrected chi connectivity index (χ2v) is 4.65. The van der Waals surface area contributed by atoms with Gasteiger partial charge in [-0.1, -0.05) is 27.5 Å². The molecule has 0 saturated heterocycles. The van der Waals surface area contributed by atoms with Crippen molar-refractivity contribution in [2.45, 2.75) is 6.42 Å². The highest BCUT2D eigenvalue weighted by molar-refractivity contribution is 9.10. The molecule has 4 nitrogen and oxygen atoms in total. The zero-order chi connectivity index (χ0) is 12.7. The van der Waals surface area contributed by atoms with Crippen LogP contribution in [0.25, 0.3) is 0 Å². The van der Waals surface area contributed by atoms with E-state index in [9.17, 15) is 4.79 Å². The second-order valence-electron chi connectivity index (χ2n) is 3.32. The van der Waals surface area contributed by atoms with Crippen molar-refractivity contribution < 1.29 is 9.53 Å². The molecule has 3 N–H and O–H groups in total. The van der Waals surface area contributed by atoms with E-state index in [2.05, 4.69) is 21.2 Å². The van der Waals surface area contributed by atoms with Crippen molar-refractivity contribution in [1.82, 2.24) is 0 Å². The minimum absolute atomic E-state index is 0.137. The first kappa shape index (κ1) is 14.4. The molecule has 0 aliphatic carbocycles. The Bertz CT molecular complexity index is 388. The maximum absolute atomic E-state index is 11.5. The number of ether oxygens (including phenoxy) is 1. The maximum Gasteiger partial charge on any atom is 0.226 e. The highest BCUT2D eigenvalue weighted by atomic mass is 79.9. The minimum Gasteiger partial charge on any atom is -0.380 e. The summed E-state index contributed by atoms with van der Waals surface area (Å²) in [7, 11) is 0. The van der Waals surface area contributed by atoms with Crippen LogP contribution in [-0.4, -0.2) is 25.7 Å². The third-order valence-electron chi connectivity index (χ3n) is 1.94. The van der Waals surface area contributed by atoms with Gasteiger partial charge in [0.1, 0.15) is 0 Å². The zero-order valence-electron chi connectivity index (χ0n) is 9.21. The summed E-state index contributed by atoms with van der Waals surface area (Å²) in [5.74, 6) is -0.137. The van der Waals surface area contributed by atoms with Crippen molar-refractivity contribution in [3.63, 3.8) is 0 Å².